The normalized spacial score (nSPS) is 12.1. The van der Waals surface area contributed by atoms with Gasteiger partial charge in [0.05, 0.1) is 0 Å². The molecule has 10 heteroatoms. The summed E-state index contributed by atoms with van der Waals surface area (Å²) in [5.74, 6) is -0.936. The van der Waals surface area contributed by atoms with Gasteiger partial charge in [-0.2, -0.15) is 0 Å². The Morgan fingerprint density at radius 3 is 2.38 bits per heavy atom. The van der Waals surface area contributed by atoms with Gasteiger partial charge in [-0.25, -0.2) is 13.1 Å². The Morgan fingerprint density at radius 2 is 1.69 bits per heavy atom. The summed E-state index contributed by atoms with van der Waals surface area (Å²) in [6.07, 6.45) is -3.60. The summed E-state index contributed by atoms with van der Waals surface area (Å²) in [6, 6.07) is 14.2. The van der Waals surface area contributed by atoms with Crippen molar-refractivity contribution in [2.24, 2.45) is 0 Å². The molecule has 0 spiro atoms. The van der Waals surface area contributed by atoms with Crippen LogP contribution >= 0.6 is 0 Å². The van der Waals surface area contributed by atoms with Crippen LogP contribution in [-0.4, -0.2) is 27.2 Å². The van der Waals surface area contributed by atoms with Crippen LogP contribution in [0, 0.1) is 0 Å². The second-order valence-electron chi connectivity index (χ2n) is 5.84. The van der Waals surface area contributed by atoms with Crippen LogP contribution in [0.25, 0.3) is 6.08 Å². The van der Waals surface area contributed by atoms with Crippen molar-refractivity contribution < 1.29 is 31.1 Å². The first kappa shape index (κ1) is 22.4. The Bertz CT molecular complexity index is 945. The first-order valence-corrected chi connectivity index (χ1v) is 10.0. The number of nitrogens with one attached hydrogen (secondary N) is 2. The van der Waals surface area contributed by atoms with Crippen molar-refractivity contribution in [3.8, 4) is 5.75 Å². The highest BCUT2D eigenvalue weighted by Gasteiger charge is 2.31. The van der Waals surface area contributed by atoms with Crippen LogP contribution in [0.2, 0.25) is 0 Å². The second kappa shape index (κ2) is 10.1. The Balaban J connectivity index is 1.80. The highest BCUT2D eigenvalue weighted by Crippen LogP contribution is 2.26. The number of hydrogen-bond acceptors (Lipinski definition) is 4. The standard InChI is InChI=1S/C19H19F3N2O4S/c20-19(21,22)28-17-9-5-4-8-16(17)14-23-18(25)10-12-24-29(26,27)13-11-15-6-2-1-3-7-15/h1-9,11,13,24H,10,12,14H2,(H,23,25)/b13-11+. The maximum Gasteiger partial charge on any atom is 0.573 e. The molecule has 156 valence electrons. The molecule has 2 rings (SSSR count). The average molecular weight is 428 g/mol. The molecule has 0 heterocycles. The molecule has 0 aliphatic carbocycles. The van der Waals surface area contributed by atoms with Crippen LogP contribution in [0.3, 0.4) is 0 Å². The summed E-state index contributed by atoms with van der Waals surface area (Å²) in [6.45, 7) is -0.347. The number of sulfonamides is 1. The third-order valence-corrected chi connectivity index (χ3v) is 4.67. The number of carbonyl (C=O) groups excluding carboxylic acids is 1. The first-order valence-electron chi connectivity index (χ1n) is 8.48. The Morgan fingerprint density at radius 1 is 1.03 bits per heavy atom. The van der Waals surface area contributed by atoms with E-state index in [1.165, 1.54) is 24.3 Å². The topological polar surface area (TPSA) is 84.5 Å². The molecule has 6 nitrogen and oxygen atoms in total. The summed E-state index contributed by atoms with van der Waals surface area (Å²) in [5.41, 5.74) is 0.847. The van der Waals surface area contributed by atoms with Gasteiger partial charge >= 0.3 is 6.36 Å². The van der Waals surface area contributed by atoms with E-state index in [1.807, 2.05) is 0 Å². The molecule has 1 amide bonds. The van der Waals surface area contributed by atoms with Crippen LogP contribution in [0.5, 0.6) is 5.75 Å². The van der Waals surface area contributed by atoms with Crippen LogP contribution in [0.1, 0.15) is 17.5 Å². The molecule has 0 saturated heterocycles. The van der Waals surface area contributed by atoms with Gasteiger partial charge < -0.3 is 10.1 Å². The smallest absolute Gasteiger partial charge is 0.405 e. The third kappa shape index (κ3) is 8.79. The van der Waals surface area contributed by atoms with Gasteiger partial charge in [-0.3, -0.25) is 4.79 Å². The number of benzene rings is 2. The maximum atomic E-state index is 12.4. The predicted molar refractivity (Wildman–Crippen MR) is 102 cm³/mol. The molecule has 0 fully saturated rings. The molecule has 0 bridgehead atoms. The summed E-state index contributed by atoms with van der Waals surface area (Å²) in [5, 5.41) is 3.42. The number of alkyl halides is 3. The van der Waals surface area contributed by atoms with Crippen LogP contribution < -0.4 is 14.8 Å². The number of rotatable bonds is 9. The zero-order valence-electron chi connectivity index (χ0n) is 15.1. The van der Waals surface area contributed by atoms with E-state index in [4.69, 9.17) is 0 Å². The van der Waals surface area contributed by atoms with E-state index in [0.29, 0.717) is 5.56 Å². The van der Waals surface area contributed by atoms with E-state index in [-0.39, 0.29) is 25.1 Å². The molecule has 2 N–H and O–H groups in total. The predicted octanol–water partition coefficient (Wildman–Crippen LogP) is 3.18. The van der Waals surface area contributed by atoms with E-state index in [0.717, 1.165) is 11.5 Å². The lowest BCUT2D eigenvalue weighted by atomic mass is 10.2. The second-order valence-corrected chi connectivity index (χ2v) is 7.49. The van der Waals surface area contributed by atoms with Crippen LogP contribution in [-0.2, 0) is 21.4 Å². The number of amides is 1. The van der Waals surface area contributed by atoms with Crippen molar-refractivity contribution in [2.75, 3.05) is 6.54 Å². The van der Waals surface area contributed by atoms with Gasteiger partial charge in [0, 0.05) is 30.5 Å². The number of hydrogen-bond donors (Lipinski definition) is 2. The van der Waals surface area contributed by atoms with E-state index >= 15 is 0 Å². The molecular weight excluding hydrogens is 409 g/mol. The van der Waals surface area contributed by atoms with Gasteiger partial charge in [0.25, 0.3) is 0 Å². The molecule has 0 aliphatic heterocycles. The zero-order chi connectivity index (χ0) is 21.3. The highest BCUT2D eigenvalue weighted by molar-refractivity contribution is 7.92. The van der Waals surface area contributed by atoms with Crippen LogP contribution in [0.15, 0.2) is 60.0 Å². The molecule has 2 aromatic carbocycles. The minimum Gasteiger partial charge on any atom is -0.405 e. The van der Waals surface area contributed by atoms with Gasteiger partial charge in [-0.05, 0) is 17.7 Å². The van der Waals surface area contributed by atoms with Crippen molar-refractivity contribution in [3.63, 3.8) is 0 Å². The zero-order valence-corrected chi connectivity index (χ0v) is 16.0. The van der Waals surface area contributed by atoms with Gasteiger partial charge in [-0.1, -0.05) is 48.5 Å². The summed E-state index contributed by atoms with van der Waals surface area (Å²) < 4.78 is 67.1. The van der Waals surface area contributed by atoms with Gasteiger partial charge in [-0.15, -0.1) is 13.2 Å². The van der Waals surface area contributed by atoms with E-state index in [1.54, 1.807) is 30.3 Å². The van der Waals surface area contributed by atoms with Crippen molar-refractivity contribution in [3.05, 3.63) is 71.1 Å². The largest absolute Gasteiger partial charge is 0.573 e. The van der Waals surface area contributed by atoms with Crippen molar-refractivity contribution in [1.82, 2.24) is 10.0 Å². The molecule has 0 saturated carbocycles. The van der Waals surface area contributed by atoms with Crippen molar-refractivity contribution >= 4 is 22.0 Å². The quantitative estimate of drug-likeness (QED) is 0.643. The fraction of sp³-hybridized carbons (Fsp3) is 0.211. The molecule has 0 radical (unpaired) electrons. The average Bonchev–Trinajstić information content (AvgIpc) is 2.65. The SMILES string of the molecule is O=C(CCNS(=O)(=O)/C=C/c1ccccc1)NCc1ccccc1OC(F)(F)F. The molecule has 2 aromatic rings. The molecule has 0 atom stereocenters. The summed E-state index contributed by atoms with van der Waals surface area (Å²) in [7, 11) is -3.73. The van der Waals surface area contributed by atoms with Gasteiger partial charge in [0.15, 0.2) is 0 Å². The number of para-hydroxylation sites is 1. The molecule has 29 heavy (non-hydrogen) atoms. The monoisotopic (exact) mass is 428 g/mol. The molecule has 0 aromatic heterocycles. The number of ether oxygens (including phenoxy) is 1. The van der Waals surface area contributed by atoms with E-state index in [9.17, 15) is 26.4 Å². The minimum absolute atomic E-state index is 0.143. The highest BCUT2D eigenvalue weighted by atomic mass is 32.2. The molecule has 0 unspecified atom stereocenters. The lowest BCUT2D eigenvalue weighted by Gasteiger charge is -2.13. The summed E-state index contributed by atoms with van der Waals surface area (Å²) in [4.78, 5) is 11.9. The lowest BCUT2D eigenvalue weighted by Crippen LogP contribution is -2.30. The number of halogens is 3. The lowest BCUT2D eigenvalue weighted by molar-refractivity contribution is -0.274. The van der Waals surface area contributed by atoms with E-state index < -0.39 is 28.0 Å². The fourth-order valence-corrected chi connectivity index (χ4v) is 3.06. The summed E-state index contributed by atoms with van der Waals surface area (Å²) >= 11 is 0. The van der Waals surface area contributed by atoms with Crippen LogP contribution in [0.4, 0.5) is 13.2 Å². The first-order chi connectivity index (χ1) is 13.6. The van der Waals surface area contributed by atoms with Crippen molar-refractivity contribution in [1.29, 1.82) is 0 Å². The van der Waals surface area contributed by atoms with Gasteiger partial charge in [0.2, 0.25) is 15.9 Å². The van der Waals surface area contributed by atoms with Gasteiger partial charge in [0.1, 0.15) is 5.75 Å². The Labute approximate surface area is 166 Å². The third-order valence-electron chi connectivity index (χ3n) is 3.57. The van der Waals surface area contributed by atoms with E-state index in [2.05, 4.69) is 14.8 Å². The fourth-order valence-electron chi connectivity index (χ4n) is 2.24. The Kier molecular flexibility index (Phi) is 7.80. The minimum atomic E-state index is -4.84. The molecule has 0 aliphatic rings. The number of carbonyl (C=O) groups is 1. The Hall–Kier alpha value is -2.85. The molecular formula is C19H19F3N2O4S. The van der Waals surface area contributed by atoms with Crippen molar-refractivity contribution in [2.45, 2.75) is 19.3 Å². The maximum absolute atomic E-state index is 12.4.